The Labute approximate surface area is 149 Å². The smallest absolute Gasteiger partial charge is 0.257 e. The van der Waals surface area contributed by atoms with Crippen molar-refractivity contribution in [1.29, 1.82) is 0 Å². The third kappa shape index (κ3) is 2.86. The molecule has 5 heteroatoms. The maximum atomic E-state index is 12.8. The molecule has 3 heterocycles. The Hall–Kier alpha value is -2.14. The van der Waals surface area contributed by atoms with Crippen molar-refractivity contribution in [2.24, 2.45) is 0 Å². The molecule has 0 aliphatic carbocycles. The Bertz CT molecular complexity index is 725. The molecule has 25 heavy (non-hydrogen) atoms. The number of carbonyl (C=O) groups excluding carboxylic acids is 1. The second-order valence-corrected chi connectivity index (χ2v) is 7.29. The lowest BCUT2D eigenvalue weighted by Gasteiger charge is -2.48. The molecule has 5 nitrogen and oxygen atoms in total. The normalized spacial score (nSPS) is 20.8. The molecule has 2 saturated heterocycles. The van der Waals surface area contributed by atoms with Crippen LogP contribution in [0.15, 0.2) is 36.5 Å². The van der Waals surface area contributed by atoms with E-state index in [1.54, 1.807) is 6.20 Å². The number of piperidine rings is 1. The number of carbonyl (C=O) groups is 1. The number of H-pyrrole nitrogens is 1. The van der Waals surface area contributed by atoms with Gasteiger partial charge in [-0.2, -0.15) is 5.10 Å². The Morgan fingerprint density at radius 2 is 1.76 bits per heavy atom. The van der Waals surface area contributed by atoms with Crippen molar-refractivity contribution in [2.45, 2.75) is 38.1 Å². The molecule has 2 fully saturated rings. The van der Waals surface area contributed by atoms with Gasteiger partial charge in [0.2, 0.25) is 0 Å². The molecular weight excluding hydrogens is 312 g/mol. The highest BCUT2D eigenvalue weighted by atomic mass is 16.2. The zero-order valence-electron chi connectivity index (χ0n) is 14.9. The molecule has 1 amide bonds. The van der Waals surface area contributed by atoms with E-state index in [0.29, 0.717) is 5.56 Å². The molecule has 0 bridgehead atoms. The first-order valence-electron chi connectivity index (χ1n) is 9.30. The summed E-state index contributed by atoms with van der Waals surface area (Å²) in [5.74, 6) is 0.106. The van der Waals surface area contributed by atoms with Crippen LogP contribution in [0.1, 0.15) is 47.3 Å². The van der Waals surface area contributed by atoms with Crippen molar-refractivity contribution in [3.63, 3.8) is 0 Å². The number of aromatic amines is 1. The number of nitrogens with zero attached hydrogens (tertiary/aromatic N) is 3. The molecule has 0 saturated carbocycles. The number of nitrogens with one attached hydrogen (secondary N) is 1. The van der Waals surface area contributed by atoms with Gasteiger partial charge in [0.15, 0.2) is 0 Å². The average molecular weight is 338 g/mol. The monoisotopic (exact) mass is 338 g/mol. The summed E-state index contributed by atoms with van der Waals surface area (Å²) in [4.78, 5) is 17.5. The fourth-order valence-corrected chi connectivity index (χ4v) is 4.50. The molecular formula is C20H26N4O. The van der Waals surface area contributed by atoms with Crippen LogP contribution in [0.25, 0.3) is 0 Å². The Morgan fingerprint density at radius 1 is 1.08 bits per heavy atom. The van der Waals surface area contributed by atoms with Gasteiger partial charge in [-0.15, -0.1) is 0 Å². The Kier molecular flexibility index (Phi) is 4.34. The molecule has 0 unspecified atom stereocenters. The van der Waals surface area contributed by atoms with Crippen molar-refractivity contribution in [1.82, 2.24) is 20.0 Å². The molecule has 4 rings (SSSR count). The first-order chi connectivity index (χ1) is 12.2. The number of amides is 1. The molecule has 2 aliphatic heterocycles. The number of benzene rings is 1. The topological polar surface area (TPSA) is 52.2 Å². The van der Waals surface area contributed by atoms with E-state index in [1.807, 2.05) is 11.8 Å². The molecule has 1 aromatic heterocycles. The van der Waals surface area contributed by atoms with Crippen LogP contribution in [0.2, 0.25) is 0 Å². The molecule has 1 N–H and O–H groups in total. The maximum absolute atomic E-state index is 12.8. The van der Waals surface area contributed by atoms with Crippen LogP contribution in [0.4, 0.5) is 0 Å². The molecule has 2 aliphatic rings. The lowest BCUT2D eigenvalue weighted by atomic mass is 9.79. The molecule has 0 radical (unpaired) electrons. The van der Waals surface area contributed by atoms with Gasteiger partial charge in [-0.25, -0.2) is 0 Å². The lowest BCUT2D eigenvalue weighted by molar-refractivity contribution is 0.0294. The highest BCUT2D eigenvalue weighted by Crippen LogP contribution is 2.41. The van der Waals surface area contributed by atoms with Gasteiger partial charge in [0.05, 0.1) is 11.8 Å². The van der Waals surface area contributed by atoms with Gasteiger partial charge in [-0.3, -0.25) is 14.8 Å². The molecule has 0 atom stereocenters. The minimum atomic E-state index is 0.0833. The highest BCUT2D eigenvalue weighted by Gasteiger charge is 2.43. The van der Waals surface area contributed by atoms with Gasteiger partial charge in [-0.05, 0) is 51.3 Å². The number of aryl methyl sites for hydroxylation is 1. The summed E-state index contributed by atoms with van der Waals surface area (Å²) in [6.07, 6.45) is 6.22. The van der Waals surface area contributed by atoms with Gasteiger partial charge in [0.1, 0.15) is 0 Å². The summed E-state index contributed by atoms with van der Waals surface area (Å²) in [6, 6.07) is 10.9. The number of aromatic nitrogens is 2. The zero-order valence-corrected chi connectivity index (χ0v) is 14.9. The maximum Gasteiger partial charge on any atom is 0.257 e. The lowest BCUT2D eigenvalue weighted by Crippen LogP contribution is -2.53. The molecule has 132 valence electrons. The van der Waals surface area contributed by atoms with Gasteiger partial charge in [-0.1, -0.05) is 30.3 Å². The summed E-state index contributed by atoms with van der Waals surface area (Å²) < 4.78 is 0. The highest BCUT2D eigenvalue weighted by molar-refractivity contribution is 5.95. The predicted molar refractivity (Wildman–Crippen MR) is 97.4 cm³/mol. The summed E-state index contributed by atoms with van der Waals surface area (Å²) in [6.45, 7) is 5.85. The van der Waals surface area contributed by atoms with Gasteiger partial charge < -0.3 is 4.90 Å². The molecule has 1 aromatic carbocycles. The van der Waals surface area contributed by atoms with Crippen molar-refractivity contribution < 1.29 is 4.79 Å². The van der Waals surface area contributed by atoms with E-state index >= 15 is 0 Å². The average Bonchev–Trinajstić information content (AvgIpc) is 3.34. The Balaban J connectivity index is 1.56. The first kappa shape index (κ1) is 16.3. The van der Waals surface area contributed by atoms with Crippen molar-refractivity contribution in [2.75, 3.05) is 26.2 Å². The van der Waals surface area contributed by atoms with Crippen LogP contribution < -0.4 is 0 Å². The number of likely N-dealkylation sites (tertiary alicyclic amines) is 2. The quantitative estimate of drug-likeness (QED) is 0.936. The summed E-state index contributed by atoms with van der Waals surface area (Å²) in [5, 5.41) is 6.87. The van der Waals surface area contributed by atoms with Crippen molar-refractivity contribution >= 4 is 5.91 Å². The number of rotatable bonds is 3. The standard InChI is InChI=1S/C20H26N4O/c1-16-18(15-21-22-16)19(25)23-13-9-20(10-14-23,24-11-5-6-12-24)17-7-3-2-4-8-17/h2-4,7-8,15H,5-6,9-14H2,1H3,(H,21,22). The number of hydrogen-bond donors (Lipinski definition) is 1. The predicted octanol–water partition coefficient (Wildman–Crippen LogP) is 2.95. The molecule has 2 aromatic rings. The van der Waals surface area contributed by atoms with Gasteiger partial charge >= 0.3 is 0 Å². The fourth-order valence-electron chi connectivity index (χ4n) is 4.50. The van der Waals surface area contributed by atoms with Crippen LogP contribution in [-0.4, -0.2) is 52.1 Å². The van der Waals surface area contributed by atoms with Crippen molar-refractivity contribution in [3.8, 4) is 0 Å². The van der Waals surface area contributed by atoms with Gasteiger partial charge in [0, 0.05) is 24.3 Å². The third-order valence-electron chi connectivity index (χ3n) is 5.96. The van der Waals surface area contributed by atoms with Gasteiger partial charge in [0.25, 0.3) is 5.91 Å². The summed E-state index contributed by atoms with van der Waals surface area (Å²) in [7, 11) is 0. The summed E-state index contributed by atoms with van der Waals surface area (Å²) in [5.41, 5.74) is 3.04. The van der Waals surface area contributed by atoms with Crippen molar-refractivity contribution in [3.05, 3.63) is 53.3 Å². The van der Waals surface area contributed by atoms with E-state index in [1.165, 1.54) is 31.5 Å². The van der Waals surface area contributed by atoms with E-state index < -0.39 is 0 Å². The van der Waals surface area contributed by atoms with Crippen LogP contribution in [0.3, 0.4) is 0 Å². The van der Waals surface area contributed by atoms with E-state index in [0.717, 1.165) is 31.6 Å². The Morgan fingerprint density at radius 3 is 2.36 bits per heavy atom. The van der Waals surface area contributed by atoms with E-state index in [4.69, 9.17) is 0 Å². The van der Waals surface area contributed by atoms with E-state index in [2.05, 4.69) is 45.4 Å². The largest absolute Gasteiger partial charge is 0.338 e. The van der Waals surface area contributed by atoms with E-state index in [9.17, 15) is 4.79 Å². The molecule has 0 spiro atoms. The van der Waals surface area contributed by atoms with Crippen LogP contribution in [0, 0.1) is 6.92 Å². The zero-order chi connectivity index (χ0) is 17.3. The van der Waals surface area contributed by atoms with E-state index in [-0.39, 0.29) is 11.4 Å². The second-order valence-electron chi connectivity index (χ2n) is 7.29. The van der Waals surface area contributed by atoms with Crippen LogP contribution in [-0.2, 0) is 5.54 Å². The SMILES string of the molecule is Cc1[nH]ncc1C(=O)N1CCC(c2ccccc2)(N2CCCC2)CC1. The third-order valence-corrected chi connectivity index (χ3v) is 5.96. The van der Waals surface area contributed by atoms with Crippen LogP contribution in [0.5, 0.6) is 0 Å². The first-order valence-corrected chi connectivity index (χ1v) is 9.30. The fraction of sp³-hybridized carbons (Fsp3) is 0.500. The number of hydrogen-bond acceptors (Lipinski definition) is 3. The minimum Gasteiger partial charge on any atom is -0.338 e. The minimum absolute atomic E-state index is 0.0833. The second kappa shape index (κ2) is 6.64. The summed E-state index contributed by atoms with van der Waals surface area (Å²) >= 11 is 0. The van der Waals surface area contributed by atoms with Crippen LogP contribution >= 0.6 is 0 Å².